The second-order valence-electron chi connectivity index (χ2n) is 5.98. The number of nitrogens with zero attached hydrogens (tertiary/aromatic N) is 2. The van der Waals surface area contributed by atoms with Gasteiger partial charge in [0.1, 0.15) is 5.82 Å². The molecule has 1 amide bonds. The van der Waals surface area contributed by atoms with Crippen molar-refractivity contribution in [3.8, 4) is 0 Å². The first kappa shape index (κ1) is 15.0. The molecule has 1 heterocycles. The lowest BCUT2D eigenvalue weighted by Gasteiger charge is -2.33. The zero-order valence-electron chi connectivity index (χ0n) is 12.5. The number of aryl methyl sites for hydroxylation is 1. The molecule has 0 saturated carbocycles. The predicted molar refractivity (Wildman–Crippen MR) is 78.3 cm³/mol. The third-order valence-electron chi connectivity index (χ3n) is 3.88. The lowest BCUT2D eigenvalue weighted by Crippen LogP contribution is -2.40. The Labute approximate surface area is 120 Å². The summed E-state index contributed by atoms with van der Waals surface area (Å²) in [5, 5.41) is 0. The molecule has 0 bridgehead atoms. The van der Waals surface area contributed by atoms with Gasteiger partial charge in [0, 0.05) is 19.6 Å². The van der Waals surface area contributed by atoms with Gasteiger partial charge in [-0.15, -0.1) is 0 Å². The van der Waals surface area contributed by atoms with Crippen molar-refractivity contribution >= 4 is 5.91 Å². The highest BCUT2D eigenvalue weighted by Gasteiger charge is 2.25. The molecule has 1 aliphatic rings. The molecule has 0 radical (unpaired) electrons. The molecule has 1 aliphatic heterocycles. The van der Waals surface area contributed by atoms with E-state index in [9.17, 15) is 9.18 Å². The minimum Gasteiger partial charge on any atom is -0.339 e. The van der Waals surface area contributed by atoms with Crippen LogP contribution < -0.4 is 0 Å². The summed E-state index contributed by atoms with van der Waals surface area (Å²) in [6, 6.07) is 4.81. The Hall–Kier alpha value is -1.42. The summed E-state index contributed by atoms with van der Waals surface area (Å²) in [4.78, 5) is 16.3. The molecule has 0 spiro atoms. The van der Waals surface area contributed by atoms with Crippen LogP contribution in [0.3, 0.4) is 0 Å². The molecule has 20 heavy (non-hydrogen) atoms. The summed E-state index contributed by atoms with van der Waals surface area (Å²) in [6.45, 7) is 4.33. The molecule has 2 rings (SSSR count). The van der Waals surface area contributed by atoms with Crippen LogP contribution in [0.25, 0.3) is 0 Å². The minimum absolute atomic E-state index is 0.175. The van der Waals surface area contributed by atoms with E-state index in [2.05, 4.69) is 19.0 Å². The van der Waals surface area contributed by atoms with Crippen LogP contribution in [0, 0.1) is 18.7 Å². The maximum atomic E-state index is 13.9. The van der Waals surface area contributed by atoms with Crippen molar-refractivity contribution in [2.24, 2.45) is 5.92 Å². The highest BCUT2D eigenvalue weighted by Crippen LogP contribution is 2.20. The van der Waals surface area contributed by atoms with Crippen molar-refractivity contribution in [1.29, 1.82) is 0 Å². The number of amides is 1. The van der Waals surface area contributed by atoms with Gasteiger partial charge in [0.05, 0.1) is 5.56 Å². The van der Waals surface area contributed by atoms with Gasteiger partial charge in [-0.25, -0.2) is 4.39 Å². The van der Waals surface area contributed by atoms with E-state index in [-0.39, 0.29) is 11.5 Å². The second-order valence-corrected chi connectivity index (χ2v) is 5.98. The van der Waals surface area contributed by atoms with Crippen molar-refractivity contribution in [2.75, 3.05) is 33.7 Å². The van der Waals surface area contributed by atoms with Gasteiger partial charge in [-0.05, 0) is 57.5 Å². The fourth-order valence-corrected chi connectivity index (χ4v) is 2.80. The standard InChI is InChI=1S/C16H23FN2O/c1-12-4-5-14(15(17)10-12)16(20)19-8-6-13(7-9-19)11-18(2)3/h4-5,10,13H,6-9,11H2,1-3H3. The van der Waals surface area contributed by atoms with Gasteiger partial charge >= 0.3 is 0 Å². The van der Waals surface area contributed by atoms with E-state index >= 15 is 0 Å². The number of likely N-dealkylation sites (tertiary alicyclic amines) is 1. The van der Waals surface area contributed by atoms with Gasteiger partial charge in [-0.2, -0.15) is 0 Å². The summed E-state index contributed by atoms with van der Waals surface area (Å²) >= 11 is 0. The fourth-order valence-electron chi connectivity index (χ4n) is 2.80. The molecule has 3 nitrogen and oxygen atoms in total. The molecule has 1 aromatic rings. The van der Waals surface area contributed by atoms with E-state index in [1.807, 2.05) is 6.92 Å². The number of rotatable bonds is 3. The third-order valence-corrected chi connectivity index (χ3v) is 3.88. The van der Waals surface area contributed by atoms with E-state index in [4.69, 9.17) is 0 Å². The molecule has 0 N–H and O–H groups in total. The molecule has 1 aromatic carbocycles. The minimum atomic E-state index is -0.412. The van der Waals surface area contributed by atoms with Gasteiger partial charge in [-0.1, -0.05) is 6.07 Å². The van der Waals surface area contributed by atoms with Gasteiger partial charge in [0.15, 0.2) is 0 Å². The van der Waals surface area contributed by atoms with Crippen LogP contribution in [0.5, 0.6) is 0 Å². The Morgan fingerprint density at radius 3 is 2.55 bits per heavy atom. The van der Waals surface area contributed by atoms with Crippen LogP contribution in [-0.2, 0) is 0 Å². The van der Waals surface area contributed by atoms with Crippen LogP contribution in [0.15, 0.2) is 18.2 Å². The maximum absolute atomic E-state index is 13.9. The monoisotopic (exact) mass is 278 g/mol. The molecule has 0 unspecified atom stereocenters. The lowest BCUT2D eigenvalue weighted by molar-refractivity contribution is 0.0673. The topological polar surface area (TPSA) is 23.6 Å². The number of carbonyl (C=O) groups is 1. The van der Waals surface area contributed by atoms with Crippen molar-refractivity contribution in [1.82, 2.24) is 9.80 Å². The van der Waals surface area contributed by atoms with Gasteiger partial charge in [-0.3, -0.25) is 4.79 Å². The number of benzene rings is 1. The zero-order valence-corrected chi connectivity index (χ0v) is 12.5. The van der Waals surface area contributed by atoms with Crippen molar-refractivity contribution < 1.29 is 9.18 Å². The highest BCUT2D eigenvalue weighted by molar-refractivity contribution is 5.94. The second kappa shape index (κ2) is 6.35. The number of piperidine rings is 1. The molecule has 1 fully saturated rings. The van der Waals surface area contributed by atoms with E-state index < -0.39 is 5.82 Å². The lowest BCUT2D eigenvalue weighted by atomic mass is 9.96. The first-order chi connectivity index (χ1) is 9.47. The first-order valence-electron chi connectivity index (χ1n) is 7.17. The number of hydrogen-bond donors (Lipinski definition) is 0. The van der Waals surface area contributed by atoms with E-state index in [1.54, 1.807) is 17.0 Å². The van der Waals surface area contributed by atoms with Gasteiger partial charge in [0.2, 0.25) is 0 Å². The van der Waals surface area contributed by atoms with Gasteiger partial charge in [0.25, 0.3) is 5.91 Å². The van der Waals surface area contributed by atoms with E-state index in [1.165, 1.54) is 6.07 Å². The molecular formula is C16H23FN2O. The van der Waals surface area contributed by atoms with Crippen molar-refractivity contribution in [3.63, 3.8) is 0 Å². The Bertz CT molecular complexity index is 479. The van der Waals surface area contributed by atoms with Crippen LogP contribution in [0.2, 0.25) is 0 Å². The molecule has 0 aromatic heterocycles. The zero-order chi connectivity index (χ0) is 14.7. The summed E-state index contributed by atoms with van der Waals surface area (Å²) in [5.41, 5.74) is 1.03. The normalized spacial score (nSPS) is 16.8. The van der Waals surface area contributed by atoms with E-state index in [0.717, 1.165) is 38.0 Å². The van der Waals surface area contributed by atoms with Crippen LogP contribution in [0.1, 0.15) is 28.8 Å². The van der Waals surface area contributed by atoms with Crippen molar-refractivity contribution in [2.45, 2.75) is 19.8 Å². The number of halogens is 1. The Morgan fingerprint density at radius 2 is 2.00 bits per heavy atom. The van der Waals surface area contributed by atoms with Crippen molar-refractivity contribution in [3.05, 3.63) is 35.1 Å². The summed E-state index contributed by atoms with van der Waals surface area (Å²) in [6.07, 6.45) is 1.99. The average molecular weight is 278 g/mol. The Kier molecular flexibility index (Phi) is 4.76. The predicted octanol–water partition coefficient (Wildman–Crippen LogP) is 2.55. The Balaban J connectivity index is 1.98. The highest BCUT2D eigenvalue weighted by atomic mass is 19.1. The molecular weight excluding hydrogens is 255 g/mol. The summed E-state index contributed by atoms with van der Waals surface area (Å²) in [5.74, 6) is 0.0492. The number of carbonyl (C=O) groups excluding carboxylic acids is 1. The van der Waals surface area contributed by atoms with E-state index in [0.29, 0.717) is 5.92 Å². The van der Waals surface area contributed by atoms with Gasteiger partial charge < -0.3 is 9.80 Å². The largest absolute Gasteiger partial charge is 0.339 e. The molecule has 110 valence electrons. The molecule has 0 aliphatic carbocycles. The molecule has 4 heteroatoms. The van der Waals surface area contributed by atoms with Crippen LogP contribution in [-0.4, -0.2) is 49.4 Å². The van der Waals surface area contributed by atoms with Crippen LogP contribution >= 0.6 is 0 Å². The summed E-state index contributed by atoms with van der Waals surface area (Å²) < 4.78 is 13.9. The quantitative estimate of drug-likeness (QED) is 0.848. The average Bonchev–Trinajstić information content (AvgIpc) is 2.38. The Morgan fingerprint density at radius 1 is 1.35 bits per heavy atom. The third kappa shape index (κ3) is 3.57. The fraction of sp³-hybridized carbons (Fsp3) is 0.562. The maximum Gasteiger partial charge on any atom is 0.256 e. The first-order valence-corrected chi connectivity index (χ1v) is 7.17. The molecule has 0 atom stereocenters. The summed E-state index contributed by atoms with van der Waals surface area (Å²) in [7, 11) is 4.14. The van der Waals surface area contributed by atoms with Crippen LogP contribution in [0.4, 0.5) is 4.39 Å². The number of hydrogen-bond acceptors (Lipinski definition) is 2. The smallest absolute Gasteiger partial charge is 0.256 e. The SMILES string of the molecule is Cc1ccc(C(=O)N2CCC(CN(C)C)CC2)c(F)c1. The molecule has 1 saturated heterocycles.